The summed E-state index contributed by atoms with van der Waals surface area (Å²) in [6.07, 6.45) is 0.724. The normalized spacial score (nSPS) is 22.2. The molecule has 1 aliphatic heterocycles. The Bertz CT molecular complexity index is 93.6. The summed E-state index contributed by atoms with van der Waals surface area (Å²) in [4.78, 5) is 0. The molecule has 0 aliphatic carbocycles. The van der Waals surface area contributed by atoms with Gasteiger partial charge in [-0.1, -0.05) is 0 Å². The number of thioether (sulfide) groups is 1. The van der Waals surface area contributed by atoms with Crippen molar-refractivity contribution in [2.45, 2.75) is 25.5 Å². The van der Waals surface area contributed by atoms with Crippen LogP contribution < -0.4 is 5.32 Å². The van der Waals surface area contributed by atoms with E-state index in [0.717, 1.165) is 19.0 Å². The summed E-state index contributed by atoms with van der Waals surface area (Å²) in [5.41, 5.74) is 0. The first-order valence-corrected chi connectivity index (χ1v) is 4.93. The van der Waals surface area contributed by atoms with E-state index >= 15 is 0 Å². The van der Waals surface area contributed by atoms with E-state index in [0.29, 0.717) is 0 Å². The number of hydrogen-bond donors (Lipinski definition) is 2. The fourth-order valence-electron chi connectivity index (χ4n) is 0.850. The maximum atomic E-state index is 8.91. The van der Waals surface area contributed by atoms with Gasteiger partial charge in [0.15, 0.2) is 0 Å². The first-order chi connectivity index (χ1) is 4.79. The molecular weight excluding hydrogens is 146 g/mol. The van der Waals surface area contributed by atoms with Crippen LogP contribution in [0.15, 0.2) is 0 Å². The fourth-order valence-corrected chi connectivity index (χ4v) is 1.56. The Labute approximate surface area is 66.4 Å². The molecule has 0 saturated carbocycles. The molecule has 10 heavy (non-hydrogen) atoms. The Morgan fingerprint density at radius 3 is 2.80 bits per heavy atom. The standard InChI is InChI=1S/C7H15NOS/c1-6(9)2-3-8-7-4-10-5-7/h6-9H,2-5H2,1H3/t6-/m0/s1. The van der Waals surface area contributed by atoms with Gasteiger partial charge in [0.2, 0.25) is 0 Å². The fraction of sp³-hybridized carbons (Fsp3) is 1.00. The average molecular weight is 161 g/mol. The van der Waals surface area contributed by atoms with Crippen molar-refractivity contribution in [3.8, 4) is 0 Å². The van der Waals surface area contributed by atoms with Crippen LogP contribution in [0.2, 0.25) is 0 Å². The zero-order valence-corrected chi connectivity index (χ0v) is 7.16. The van der Waals surface area contributed by atoms with E-state index in [1.54, 1.807) is 0 Å². The number of aliphatic hydroxyl groups is 1. The first-order valence-electron chi connectivity index (χ1n) is 3.78. The molecule has 0 amide bonds. The molecule has 0 aromatic heterocycles. The van der Waals surface area contributed by atoms with Gasteiger partial charge in [-0.3, -0.25) is 0 Å². The van der Waals surface area contributed by atoms with Crippen molar-refractivity contribution in [3.05, 3.63) is 0 Å². The lowest BCUT2D eigenvalue weighted by molar-refractivity contribution is 0.183. The van der Waals surface area contributed by atoms with Gasteiger partial charge in [-0.05, 0) is 19.9 Å². The zero-order valence-electron chi connectivity index (χ0n) is 6.34. The lowest BCUT2D eigenvalue weighted by Crippen LogP contribution is -2.41. The Balaban J connectivity index is 1.85. The quantitative estimate of drug-likeness (QED) is 0.628. The van der Waals surface area contributed by atoms with Gasteiger partial charge in [0.25, 0.3) is 0 Å². The molecule has 3 heteroatoms. The third kappa shape index (κ3) is 2.90. The van der Waals surface area contributed by atoms with Crippen molar-refractivity contribution in [1.29, 1.82) is 0 Å². The van der Waals surface area contributed by atoms with Crippen LogP contribution in [0.1, 0.15) is 13.3 Å². The molecule has 2 N–H and O–H groups in total. The van der Waals surface area contributed by atoms with Gasteiger partial charge in [0.05, 0.1) is 6.10 Å². The van der Waals surface area contributed by atoms with Crippen LogP contribution in [0.25, 0.3) is 0 Å². The van der Waals surface area contributed by atoms with Crippen LogP contribution in [0.4, 0.5) is 0 Å². The second-order valence-electron chi connectivity index (χ2n) is 2.83. The summed E-state index contributed by atoms with van der Waals surface area (Å²) in [5, 5.41) is 12.3. The first kappa shape index (κ1) is 8.37. The molecule has 1 saturated heterocycles. The molecular formula is C7H15NOS. The molecule has 1 rings (SSSR count). The number of nitrogens with one attached hydrogen (secondary N) is 1. The third-order valence-corrected chi connectivity index (χ3v) is 2.91. The monoisotopic (exact) mass is 161 g/mol. The Kier molecular flexibility index (Phi) is 3.52. The lowest BCUT2D eigenvalue weighted by atomic mass is 10.2. The highest BCUT2D eigenvalue weighted by Gasteiger charge is 2.16. The second kappa shape index (κ2) is 4.21. The molecule has 60 valence electrons. The highest BCUT2D eigenvalue weighted by molar-refractivity contribution is 8.00. The van der Waals surface area contributed by atoms with Crippen molar-refractivity contribution < 1.29 is 5.11 Å². The molecule has 0 unspecified atom stereocenters. The second-order valence-corrected chi connectivity index (χ2v) is 3.90. The minimum absolute atomic E-state index is 0.153. The van der Waals surface area contributed by atoms with Crippen LogP contribution in [0.3, 0.4) is 0 Å². The van der Waals surface area contributed by atoms with Crippen LogP contribution in [0.5, 0.6) is 0 Å². The van der Waals surface area contributed by atoms with E-state index in [-0.39, 0.29) is 6.10 Å². The van der Waals surface area contributed by atoms with Crippen molar-refractivity contribution in [1.82, 2.24) is 5.32 Å². The third-order valence-electron chi connectivity index (χ3n) is 1.63. The summed E-state index contributed by atoms with van der Waals surface area (Å²) in [6.45, 7) is 2.79. The van der Waals surface area contributed by atoms with E-state index in [9.17, 15) is 0 Å². The minimum Gasteiger partial charge on any atom is -0.393 e. The molecule has 0 bridgehead atoms. The number of rotatable bonds is 4. The van der Waals surface area contributed by atoms with Crippen molar-refractivity contribution in [2.75, 3.05) is 18.1 Å². The van der Waals surface area contributed by atoms with Gasteiger partial charge in [-0.25, -0.2) is 0 Å². The summed E-state index contributed by atoms with van der Waals surface area (Å²) >= 11 is 1.98. The Morgan fingerprint density at radius 1 is 1.70 bits per heavy atom. The van der Waals surface area contributed by atoms with Gasteiger partial charge < -0.3 is 10.4 Å². The molecule has 1 atom stereocenters. The highest BCUT2D eigenvalue weighted by Crippen LogP contribution is 2.16. The van der Waals surface area contributed by atoms with Crippen molar-refractivity contribution in [3.63, 3.8) is 0 Å². The number of hydrogen-bond acceptors (Lipinski definition) is 3. The smallest absolute Gasteiger partial charge is 0.0524 e. The molecule has 1 fully saturated rings. The topological polar surface area (TPSA) is 32.3 Å². The number of aliphatic hydroxyl groups excluding tert-OH is 1. The summed E-state index contributed by atoms with van der Waals surface area (Å²) in [7, 11) is 0. The SMILES string of the molecule is C[C@H](O)CCNC1CSC1. The highest BCUT2D eigenvalue weighted by atomic mass is 32.2. The summed E-state index contributed by atoms with van der Waals surface area (Å²) < 4.78 is 0. The molecule has 0 spiro atoms. The van der Waals surface area contributed by atoms with E-state index in [1.807, 2.05) is 18.7 Å². The molecule has 0 aromatic carbocycles. The molecule has 2 nitrogen and oxygen atoms in total. The van der Waals surface area contributed by atoms with Gasteiger partial charge in [0, 0.05) is 17.5 Å². The van der Waals surface area contributed by atoms with Crippen molar-refractivity contribution in [2.24, 2.45) is 0 Å². The Morgan fingerprint density at radius 2 is 2.40 bits per heavy atom. The van der Waals surface area contributed by atoms with E-state index < -0.39 is 0 Å². The van der Waals surface area contributed by atoms with E-state index in [4.69, 9.17) is 5.11 Å². The van der Waals surface area contributed by atoms with Crippen molar-refractivity contribution >= 4 is 11.8 Å². The van der Waals surface area contributed by atoms with E-state index in [1.165, 1.54) is 11.5 Å². The van der Waals surface area contributed by atoms with Crippen LogP contribution in [-0.2, 0) is 0 Å². The van der Waals surface area contributed by atoms with Gasteiger partial charge in [0.1, 0.15) is 0 Å². The maximum Gasteiger partial charge on any atom is 0.0524 e. The zero-order chi connectivity index (χ0) is 7.40. The van der Waals surface area contributed by atoms with Gasteiger partial charge >= 0.3 is 0 Å². The largest absolute Gasteiger partial charge is 0.393 e. The summed E-state index contributed by atoms with van der Waals surface area (Å²) in [5.74, 6) is 2.50. The molecule has 0 radical (unpaired) electrons. The predicted octanol–water partition coefficient (Wildman–Crippen LogP) is 0.462. The van der Waals surface area contributed by atoms with Crippen LogP contribution in [0, 0.1) is 0 Å². The minimum atomic E-state index is -0.153. The lowest BCUT2D eigenvalue weighted by Gasteiger charge is -2.26. The van der Waals surface area contributed by atoms with Gasteiger partial charge in [-0.2, -0.15) is 11.8 Å². The Hall–Kier alpha value is 0.270. The average Bonchev–Trinajstić information content (AvgIpc) is 1.75. The maximum absolute atomic E-state index is 8.91. The van der Waals surface area contributed by atoms with Crippen LogP contribution >= 0.6 is 11.8 Å². The summed E-state index contributed by atoms with van der Waals surface area (Å²) in [6, 6.07) is 0.726. The molecule has 1 heterocycles. The predicted molar refractivity (Wildman–Crippen MR) is 45.4 cm³/mol. The molecule has 1 aliphatic rings. The van der Waals surface area contributed by atoms with Crippen LogP contribution in [-0.4, -0.2) is 35.3 Å². The van der Waals surface area contributed by atoms with Gasteiger partial charge in [-0.15, -0.1) is 0 Å². The molecule has 0 aromatic rings. The van der Waals surface area contributed by atoms with E-state index in [2.05, 4.69) is 5.32 Å².